The molecule has 0 saturated carbocycles. The predicted molar refractivity (Wildman–Crippen MR) is 70.9 cm³/mol. The van der Waals surface area contributed by atoms with Crippen molar-refractivity contribution >= 4 is 0 Å². The van der Waals surface area contributed by atoms with Gasteiger partial charge in [0.15, 0.2) is 0 Å². The van der Waals surface area contributed by atoms with Gasteiger partial charge in [0, 0.05) is 5.56 Å². The van der Waals surface area contributed by atoms with Crippen LogP contribution in [0, 0.1) is 0 Å². The first-order valence-corrected chi connectivity index (χ1v) is 6.86. The summed E-state index contributed by atoms with van der Waals surface area (Å²) in [5.41, 5.74) is 2.81. The Morgan fingerprint density at radius 2 is 2.18 bits per heavy atom. The summed E-state index contributed by atoms with van der Waals surface area (Å²) in [5, 5.41) is 3.57. The fraction of sp³-hybridized carbons (Fsp3) is 0.600. The fourth-order valence-electron chi connectivity index (χ4n) is 2.59. The highest BCUT2D eigenvalue weighted by Crippen LogP contribution is 2.28. The monoisotopic (exact) mass is 233 g/mol. The SMILES string of the molecule is CCNC(/C1=C/CCCCCC1)c1ccoc1. The molecule has 1 N–H and O–H groups in total. The van der Waals surface area contributed by atoms with Gasteiger partial charge in [0.05, 0.1) is 18.6 Å². The number of rotatable bonds is 4. The summed E-state index contributed by atoms with van der Waals surface area (Å²) in [4.78, 5) is 0. The molecule has 1 aromatic heterocycles. The maximum absolute atomic E-state index is 5.22. The van der Waals surface area contributed by atoms with Crippen LogP contribution in [0.2, 0.25) is 0 Å². The molecule has 1 unspecified atom stereocenters. The Morgan fingerprint density at radius 3 is 2.94 bits per heavy atom. The van der Waals surface area contributed by atoms with Crippen LogP contribution in [-0.2, 0) is 0 Å². The van der Waals surface area contributed by atoms with Crippen molar-refractivity contribution in [2.45, 2.75) is 51.5 Å². The van der Waals surface area contributed by atoms with Gasteiger partial charge in [-0.2, -0.15) is 0 Å². The molecular weight excluding hydrogens is 210 g/mol. The first-order chi connectivity index (χ1) is 8.42. The van der Waals surface area contributed by atoms with Crippen LogP contribution in [0.4, 0.5) is 0 Å². The summed E-state index contributed by atoms with van der Waals surface area (Å²) in [5.74, 6) is 0. The predicted octanol–water partition coefficient (Wildman–Crippen LogP) is 4.21. The lowest BCUT2D eigenvalue weighted by Crippen LogP contribution is -2.22. The molecule has 0 saturated heterocycles. The maximum atomic E-state index is 5.22. The Morgan fingerprint density at radius 1 is 1.29 bits per heavy atom. The standard InChI is InChI=1S/C15H23NO/c1-2-16-15(14-10-11-17-12-14)13-8-6-4-3-5-7-9-13/h8,10-12,15-16H,2-7,9H2,1H3/b13-8+. The first-order valence-electron chi connectivity index (χ1n) is 6.86. The Bertz CT molecular complexity index is 340. The molecule has 1 aromatic rings. The van der Waals surface area contributed by atoms with Crippen molar-refractivity contribution in [3.05, 3.63) is 35.8 Å². The molecule has 94 valence electrons. The van der Waals surface area contributed by atoms with E-state index < -0.39 is 0 Å². The lowest BCUT2D eigenvalue weighted by Gasteiger charge is -2.22. The highest BCUT2D eigenvalue weighted by molar-refractivity contribution is 5.25. The topological polar surface area (TPSA) is 25.2 Å². The van der Waals surface area contributed by atoms with E-state index >= 15 is 0 Å². The highest BCUT2D eigenvalue weighted by atomic mass is 16.3. The smallest absolute Gasteiger partial charge is 0.0953 e. The molecule has 0 bridgehead atoms. The lowest BCUT2D eigenvalue weighted by molar-refractivity contribution is 0.534. The molecule has 1 heterocycles. The van der Waals surface area contributed by atoms with Crippen molar-refractivity contribution in [3.8, 4) is 0 Å². The number of allylic oxidation sites excluding steroid dienone is 1. The Balaban J connectivity index is 2.13. The molecule has 0 aliphatic heterocycles. The first kappa shape index (κ1) is 12.4. The largest absolute Gasteiger partial charge is 0.472 e. The van der Waals surface area contributed by atoms with Crippen molar-refractivity contribution < 1.29 is 4.42 Å². The van der Waals surface area contributed by atoms with Crippen LogP contribution in [0.15, 0.2) is 34.7 Å². The molecule has 2 rings (SSSR count). The van der Waals surface area contributed by atoms with Crippen LogP contribution in [-0.4, -0.2) is 6.54 Å². The average molecular weight is 233 g/mol. The van der Waals surface area contributed by atoms with Gasteiger partial charge in [-0.15, -0.1) is 0 Å². The van der Waals surface area contributed by atoms with Gasteiger partial charge >= 0.3 is 0 Å². The van der Waals surface area contributed by atoms with E-state index in [0.717, 1.165) is 6.54 Å². The zero-order chi connectivity index (χ0) is 11.9. The van der Waals surface area contributed by atoms with E-state index in [2.05, 4.69) is 24.4 Å². The number of nitrogens with one attached hydrogen (secondary N) is 1. The molecule has 0 amide bonds. The van der Waals surface area contributed by atoms with Crippen molar-refractivity contribution in [2.75, 3.05) is 6.54 Å². The van der Waals surface area contributed by atoms with E-state index in [4.69, 9.17) is 4.42 Å². The second kappa shape index (κ2) is 6.65. The summed E-state index contributed by atoms with van der Waals surface area (Å²) in [6.45, 7) is 3.16. The van der Waals surface area contributed by atoms with Gasteiger partial charge in [0.25, 0.3) is 0 Å². The zero-order valence-corrected chi connectivity index (χ0v) is 10.7. The Kier molecular flexibility index (Phi) is 4.87. The van der Waals surface area contributed by atoms with Gasteiger partial charge in [-0.3, -0.25) is 0 Å². The summed E-state index contributed by atoms with van der Waals surface area (Å²) in [6, 6.07) is 2.43. The quantitative estimate of drug-likeness (QED) is 0.788. The number of likely N-dealkylation sites (N-methyl/N-ethyl adjacent to an activating group) is 1. The second-order valence-corrected chi connectivity index (χ2v) is 4.78. The molecule has 0 fully saturated rings. The Hall–Kier alpha value is -1.02. The molecule has 17 heavy (non-hydrogen) atoms. The van der Waals surface area contributed by atoms with Crippen LogP contribution < -0.4 is 5.32 Å². The summed E-state index contributed by atoms with van der Waals surface area (Å²) in [7, 11) is 0. The number of furan rings is 1. The summed E-state index contributed by atoms with van der Waals surface area (Å²) < 4.78 is 5.22. The molecule has 0 spiro atoms. The third kappa shape index (κ3) is 3.47. The van der Waals surface area contributed by atoms with Crippen molar-refractivity contribution in [3.63, 3.8) is 0 Å². The number of hydrogen-bond acceptors (Lipinski definition) is 2. The zero-order valence-electron chi connectivity index (χ0n) is 10.7. The normalized spacial score (nSPS) is 22.3. The Labute approximate surface area is 104 Å². The molecule has 1 aliphatic rings. The molecule has 1 atom stereocenters. The van der Waals surface area contributed by atoms with E-state index in [1.165, 1.54) is 44.1 Å². The van der Waals surface area contributed by atoms with Crippen LogP contribution >= 0.6 is 0 Å². The highest BCUT2D eigenvalue weighted by Gasteiger charge is 2.17. The molecule has 2 heteroatoms. The number of hydrogen-bond donors (Lipinski definition) is 1. The van der Waals surface area contributed by atoms with E-state index in [0.29, 0.717) is 6.04 Å². The lowest BCUT2D eigenvalue weighted by atomic mass is 9.92. The third-order valence-electron chi connectivity index (χ3n) is 3.48. The van der Waals surface area contributed by atoms with Gasteiger partial charge in [0.1, 0.15) is 0 Å². The average Bonchev–Trinajstić information content (AvgIpc) is 2.79. The molecule has 2 nitrogen and oxygen atoms in total. The van der Waals surface area contributed by atoms with Crippen LogP contribution in [0.1, 0.15) is 57.1 Å². The van der Waals surface area contributed by atoms with Gasteiger partial charge in [-0.05, 0) is 38.3 Å². The van der Waals surface area contributed by atoms with Gasteiger partial charge in [-0.25, -0.2) is 0 Å². The minimum absolute atomic E-state index is 0.358. The molecular formula is C15H23NO. The van der Waals surface area contributed by atoms with Crippen LogP contribution in [0.5, 0.6) is 0 Å². The van der Waals surface area contributed by atoms with E-state index in [1.807, 2.05) is 6.26 Å². The molecule has 0 radical (unpaired) electrons. The fourth-order valence-corrected chi connectivity index (χ4v) is 2.59. The van der Waals surface area contributed by atoms with E-state index in [-0.39, 0.29) is 0 Å². The third-order valence-corrected chi connectivity index (χ3v) is 3.48. The minimum Gasteiger partial charge on any atom is -0.472 e. The van der Waals surface area contributed by atoms with E-state index in [1.54, 1.807) is 11.8 Å². The maximum Gasteiger partial charge on any atom is 0.0953 e. The van der Waals surface area contributed by atoms with Gasteiger partial charge in [-0.1, -0.05) is 31.4 Å². The van der Waals surface area contributed by atoms with E-state index in [9.17, 15) is 0 Å². The minimum atomic E-state index is 0.358. The molecule has 1 aliphatic carbocycles. The van der Waals surface area contributed by atoms with Crippen molar-refractivity contribution in [2.24, 2.45) is 0 Å². The summed E-state index contributed by atoms with van der Waals surface area (Å²) in [6.07, 6.45) is 14.0. The molecule has 0 aromatic carbocycles. The second-order valence-electron chi connectivity index (χ2n) is 4.78. The van der Waals surface area contributed by atoms with Gasteiger partial charge < -0.3 is 9.73 Å². The van der Waals surface area contributed by atoms with Crippen LogP contribution in [0.25, 0.3) is 0 Å². The van der Waals surface area contributed by atoms with Crippen molar-refractivity contribution in [1.29, 1.82) is 0 Å². The van der Waals surface area contributed by atoms with Gasteiger partial charge in [0.2, 0.25) is 0 Å². The van der Waals surface area contributed by atoms with Crippen LogP contribution in [0.3, 0.4) is 0 Å². The summed E-state index contributed by atoms with van der Waals surface area (Å²) >= 11 is 0. The van der Waals surface area contributed by atoms with Crippen molar-refractivity contribution in [1.82, 2.24) is 5.32 Å².